The van der Waals surface area contributed by atoms with Crippen molar-refractivity contribution in [2.75, 3.05) is 13.1 Å². The molecule has 1 aliphatic heterocycles. The fourth-order valence-corrected chi connectivity index (χ4v) is 2.40. The number of amides is 1. The molecule has 1 amide bonds. The molecule has 3 nitrogen and oxygen atoms in total. The van der Waals surface area contributed by atoms with Crippen LogP contribution < -0.4 is 5.73 Å². The Morgan fingerprint density at radius 2 is 2.28 bits per heavy atom. The molecule has 1 saturated heterocycles. The van der Waals surface area contributed by atoms with Gasteiger partial charge in [0, 0.05) is 23.6 Å². The van der Waals surface area contributed by atoms with E-state index in [1.165, 1.54) is 0 Å². The van der Waals surface area contributed by atoms with Crippen molar-refractivity contribution in [3.8, 4) is 0 Å². The molecule has 2 N–H and O–H groups in total. The second-order valence-electron chi connectivity index (χ2n) is 4.31. The van der Waals surface area contributed by atoms with Gasteiger partial charge in [0.25, 0.3) is 0 Å². The van der Waals surface area contributed by atoms with Crippen LogP contribution in [0.1, 0.15) is 12.0 Å². The maximum Gasteiger partial charge on any atom is 0.227 e. The van der Waals surface area contributed by atoms with E-state index in [9.17, 15) is 4.79 Å². The molecule has 1 atom stereocenters. The van der Waals surface area contributed by atoms with Crippen LogP contribution >= 0.6 is 39.9 Å². The van der Waals surface area contributed by atoms with Gasteiger partial charge in [-0.15, -0.1) is 12.4 Å². The molecule has 0 aliphatic carbocycles. The van der Waals surface area contributed by atoms with Gasteiger partial charge in [0.05, 0.1) is 11.4 Å². The highest BCUT2D eigenvalue weighted by Gasteiger charge is 2.23. The summed E-state index contributed by atoms with van der Waals surface area (Å²) in [5, 5.41) is 0.633. The maximum atomic E-state index is 12.0. The zero-order valence-electron chi connectivity index (χ0n) is 9.73. The number of rotatable bonds is 2. The predicted molar refractivity (Wildman–Crippen MR) is 79.3 cm³/mol. The molecule has 1 aromatic carbocycles. The number of likely N-dealkylation sites (tertiary alicyclic amines) is 1. The number of carbonyl (C=O) groups is 1. The number of benzene rings is 1. The molecule has 0 radical (unpaired) electrons. The third-order valence-electron chi connectivity index (χ3n) is 2.92. The highest BCUT2D eigenvalue weighted by Crippen LogP contribution is 2.23. The second-order valence-corrected chi connectivity index (χ2v) is 5.58. The normalized spacial score (nSPS) is 18.6. The molecule has 0 aromatic heterocycles. The number of nitrogens with two attached hydrogens (primary N) is 1. The molecule has 0 bridgehead atoms. The Morgan fingerprint density at radius 1 is 1.56 bits per heavy atom. The van der Waals surface area contributed by atoms with E-state index in [2.05, 4.69) is 15.9 Å². The molecule has 1 aromatic rings. The number of carbonyl (C=O) groups excluding carboxylic acids is 1. The SMILES string of the molecule is Cl.N[C@H]1CCN(C(=O)Cc2ccc(Br)c(Cl)c2)C1. The van der Waals surface area contributed by atoms with Crippen LogP contribution in [0.3, 0.4) is 0 Å². The van der Waals surface area contributed by atoms with Gasteiger partial charge in [-0.25, -0.2) is 0 Å². The van der Waals surface area contributed by atoms with Crippen LogP contribution in [-0.2, 0) is 11.2 Å². The fourth-order valence-electron chi connectivity index (χ4n) is 1.95. The van der Waals surface area contributed by atoms with Gasteiger partial charge in [0.15, 0.2) is 0 Å². The Labute approximate surface area is 126 Å². The van der Waals surface area contributed by atoms with E-state index in [4.69, 9.17) is 17.3 Å². The van der Waals surface area contributed by atoms with Crippen molar-refractivity contribution in [1.82, 2.24) is 4.90 Å². The lowest BCUT2D eigenvalue weighted by Gasteiger charge is -2.15. The molecule has 1 aliphatic rings. The first-order chi connectivity index (χ1) is 8.06. The van der Waals surface area contributed by atoms with Gasteiger partial charge in [-0.3, -0.25) is 4.79 Å². The summed E-state index contributed by atoms with van der Waals surface area (Å²) in [6.07, 6.45) is 1.28. The summed E-state index contributed by atoms with van der Waals surface area (Å²) in [5.41, 5.74) is 6.71. The Hall–Kier alpha value is -0.290. The smallest absolute Gasteiger partial charge is 0.227 e. The van der Waals surface area contributed by atoms with Crippen molar-refractivity contribution in [1.29, 1.82) is 0 Å². The summed E-state index contributed by atoms with van der Waals surface area (Å²) in [7, 11) is 0. The summed E-state index contributed by atoms with van der Waals surface area (Å²) in [6, 6.07) is 5.72. The summed E-state index contributed by atoms with van der Waals surface area (Å²) >= 11 is 9.31. The zero-order chi connectivity index (χ0) is 12.4. The first-order valence-electron chi connectivity index (χ1n) is 5.53. The van der Waals surface area contributed by atoms with Crippen molar-refractivity contribution in [3.05, 3.63) is 33.3 Å². The fraction of sp³-hybridized carbons (Fsp3) is 0.417. The van der Waals surface area contributed by atoms with Gasteiger partial charge in [0.1, 0.15) is 0 Å². The third-order valence-corrected chi connectivity index (χ3v) is 4.15. The lowest BCUT2D eigenvalue weighted by Crippen LogP contribution is -2.32. The first kappa shape index (κ1) is 15.8. The van der Waals surface area contributed by atoms with Crippen LogP contribution in [0.15, 0.2) is 22.7 Å². The van der Waals surface area contributed by atoms with Gasteiger partial charge in [0.2, 0.25) is 5.91 Å². The highest BCUT2D eigenvalue weighted by molar-refractivity contribution is 9.10. The van der Waals surface area contributed by atoms with Gasteiger partial charge in [-0.2, -0.15) is 0 Å². The summed E-state index contributed by atoms with van der Waals surface area (Å²) in [6.45, 7) is 1.44. The molecular weight excluding hydrogens is 339 g/mol. The molecule has 0 unspecified atom stereocenters. The van der Waals surface area contributed by atoms with Gasteiger partial charge >= 0.3 is 0 Å². The van der Waals surface area contributed by atoms with Crippen LogP contribution in [0.2, 0.25) is 5.02 Å². The van der Waals surface area contributed by atoms with E-state index in [1.54, 1.807) is 0 Å². The van der Waals surface area contributed by atoms with Crippen molar-refractivity contribution < 1.29 is 4.79 Å². The first-order valence-corrected chi connectivity index (χ1v) is 6.70. The van der Waals surface area contributed by atoms with Crippen LogP contribution in [-0.4, -0.2) is 29.9 Å². The van der Waals surface area contributed by atoms with Gasteiger partial charge < -0.3 is 10.6 Å². The number of hydrogen-bond donors (Lipinski definition) is 1. The van der Waals surface area contributed by atoms with E-state index < -0.39 is 0 Å². The number of nitrogens with zero attached hydrogens (tertiary/aromatic N) is 1. The van der Waals surface area contributed by atoms with Crippen LogP contribution in [0, 0.1) is 0 Å². The van der Waals surface area contributed by atoms with Crippen LogP contribution in [0.4, 0.5) is 0 Å². The summed E-state index contributed by atoms with van der Waals surface area (Å²) < 4.78 is 0.846. The lowest BCUT2D eigenvalue weighted by atomic mass is 10.1. The largest absolute Gasteiger partial charge is 0.341 e. The van der Waals surface area contributed by atoms with Crippen molar-refractivity contribution in [2.45, 2.75) is 18.9 Å². The minimum Gasteiger partial charge on any atom is -0.341 e. The highest BCUT2D eigenvalue weighted by atomic mass is 79.9. The molecule has 100 valence electrons. The molecule has 1 fully saturated rings. The van der Waals surface area contributed by atoms with Crippen molar-refractivity contribution in [3.63, 3.8) is 0 Å². The topological polar surface area (TPSA) is 46.3 Å². The Balaban J connectivity index is 0.00000162. The van der Waals surface area contributed by atoms with E-state index in [0.29, 0.717) is 18.0 Å². The number of halogens is 3. The molecule has 6 heteroatoms. The van der Waals surface area contributed by atoms with Crippen LogP contribution in [0.5, 0.6) is 0 Å². The molecule has 0 spiro atoms. The zero-order valence-corrected chi connectivity index (χ0v) is 12.9. The average Bonchev–Trinajstić information content (AvgIpc) is 2.70. The maximum absolute atomic E-state index is 12.0. The molecular formula is C12H15BrCl2N2O. The summed E-state index contributed by atoms with van der Waals surface area (Å²) in [5.74, 6) is 0.122. The van der Waals surface area contributed by atoms with Crippen molar-refractivity contribution in [2.24, 2.45) is 5.73 Å². The van der Waals surface area contributed by atoms with Crippen molar-refractivity contribution >= 4 is 45.8 Å². The van der Waals surface area contributed by atoms with Gasteiger partial charge in [-0.1, -0.05) is 17.7 Å². The quantitative estimate of drug-likeness (QED) is 0.888. The molecule has 2 rings (SSSR count). The van der Waals surface area contributed by atoms with E-state index >= 15 is 0 Å². The molecule has 0 saturated carbocycles. The van der Waals surface area contributed by atoms with E-state index in [-0.39, 0.29) is 24.4 Å². The van der Waals surface area contributed by atoms with Crippen LogP contribution in [0.25, 0.3) is 0 Å². The minimum atomic E-state index is 0. The number of hydrogen-bond acceptors (Lipinski definition) is 2. The average molecular weight is 354 g/mol. The molecule has 1 heterocycles. The Morgan fingerprint density at radius 3 is 2.83 bits per heavy atom. The predicted octanol–water partition coefficient (Wildman–Crippen LogP) is 2.63. The van der Waals surface area contributed by atoms with E-state index in [0.717, 1.165) is 23.0 Å². The Kier molecular flexibility index (Phi) is 5.92. The second kappa shape index (κ2) is 6.75. The monoisotopic (exact) mass is 352 g/mol. The third kappa shape index (κ3) is 3.85. The lowest BCUT2D eigenvalue weighted by molar-refractivity contribution is -0.129. The Bertz CT molecular complexity index is 442. The molecule has 18 heavy (non-hydrogen) atoms. The summed E-state index contributed by atoms with van der Waals surface area (Å²) in [4.78, 5) is 13.8. The standard InChI is InChI=1S/C12H14BrClN2O.ClH/c13-10-2-1-8(5-11(10)14)6-12(17)16-4-3-9(15)7-16;/h1-2,5,9H,3-4,6-7,15H2;1H/t9-;/m0./s1. The minimum absolute atomic E-state index is 0. The van der Waals surface area contributed by atoms with E-state index in [1.807, 2.05) is 23.1 Å². The van der Waals surface area contributed by atoms with Gasteiger partial charge in [-0.05, 0) is 40.0 Å².